The molecule has 2 rings (SSSR count). The van der Waals surface area contributed by atoms with E-state index in [9.17, 15) is 0 Å². The van der Waals surface area contributed by atoms with E-state index in [0.717, 1.165) is 11.3 Å². The minimum absolute atomic E-state index is 0.810. The van der Waals surface area contributed by atoms with Gasteiger partial charge in [0.25, 0.3) is 0 Å². The van der Waals surface area contributed by atoms with Crippen LogP contribution in [0.5, 0.6) is 0 Å². The first-order chi connectivity index (χ1) is 4.74. The van der Waals surface area contributed by atoms with Gasteiger partial charge >= 0.3 is 0 Å². The van der Waals surface area contributed by atoms with Crippen molar-refractivity contribution in [1.82, 2.24) is 4.90 Å². The van der Waals surface area contributed by atoms with Crippen LogP contribution in [0.4, 0.5) is 0 Å². The molecule has 1 nitrogen and oxygen atoms in total. The summed E-state index contributed by atoms with van der Waals surface area (Å²) in [5, 5.41) is 0. The molecule has 1 heterocycles. The average molecular weight is 251 g/mol. The van der Waals surface area contributed by atoms with Crippen LogP contribution in [0.1, 0.15) is 12.8 Å². The van der Waals surface area contributed by atoms with E-state index >= 15 is 0 Å². The van der Waals surface area contributed by atoms with E-state index in [-0.39, 0.29) is 0 Å². The van der Waals surface area contributed by atoms with Crippen molar-refractivity contribution >= 4 is 22.6 Å². The van der Waals surface area contributed by atoms with Crippen LogP contribution in [0.15, 0.2) is 0 Å². The monoisotopic (exact) mass is 251 g/mol. The zero-order valence-corrected chi connectivity index (χ0v) is 8.60. The minimum Gasteiger partial charge on any atom is -0.305 e. The van der Waals surface area contributed by atoms with Gasteiger partial charge < -0.3 is 4.90 Å². The van der Waals surface area contributed by atoms with Crippen molar-refractivity contribution in [2.75, 3.05) is 24.6 Å². The van der Waals surface area contributed by atoms with Gasteiger partial charge in [-0.15, -0.1) is 0 Å². The van der Waals surface area contributed by atoms with Gasteiger partial charge in [-0.3, -0.25) is 0 Å². The average Bonchev–Trinajstić information content (AvgIpc) is 1.74. The maximum Gasteiger partial charge on any atom is 0.00476 e. The molecule has 1 aliphatic heterocycles. The first kappa shape index (κ1) is 7.35. The lowest BCUT2D eigenvalue weighted by Crippen LogP contribution is -2.60. The van der Waals surface area contributed by atoms with E-state index in [2.05, 4.69) is 34.5 Å². The smallest absolute Gasteiger partial charge is 0.00476 e. The predicted octanol–water partition coefficient (Wildman–Crippen LogP) is 1.76. The molecular formula is C8H14IN. The molecule has 2 heteroatoms. The number of alkyl halides is 1. The lowest BCUT2D eigenvalue weighted by atomic mass is 9.58. The molecule has 2 aliphatic rings. The molecule has 0 aromatic rings. The summed E-state index contributed by atoms with van der Waals surface area (Å²) in [5.41, 5.74) is 0.810. The molecule has 10 heavy (non-hydrogen) atoms. The van der Waals surface area contributed by atoms with E-state index in [1.54, 1.807) is 0 Å². The summed E-state index contributed by atoms with van der Waals surface area (Å²) in [7, 11) is 2.22. The van der Waals surface area contributed by atoms with Gasteiger partial charge in [0.1, 0.15) is 0 Å². The van der Waals surface area contributed by atoms with E-state index in [1.807, 2.05) is 0 Å². The fraction of sp³-hybridized carbons (Fsp3) is 1.00. The fourth-order valence-electron chi connectivity index (χ4n) is 2.63. The van der Waals surface area contributed by atoms with Gasteiger partial charge in [-0.25, -0.2) is 0 Å². The van der Waals surface area contributed by atoms with Crippen LogP contribution in [0.2, 0.25) is 0 Å². The summed E-state index contributed by atoms with van der Waals surface area (Å²) in [4.78, 5) is 2.43. The van der Waals surface area contributed by atoms with E-state index in [1.165, 1.54) is 30.4 Å². The number of hydrogen-bond acceptors (Lipinski definition) is 1. The standard InChI is InChI=1S/C8H14IN/c1-10-5-8(6-10)2-7(3-8)4-9/h7H,2-6H2,1H3. The van der Waals surface area contributed by atoms with Crippen LogP contribution in [0, 0.1) is 11.3 Å². The third-order valence-corrected chi connectivity index (χ3v) is 4.12. The van der Waals surface area contributed by atoms with Crippen LogP contribution in [0.25, 0.3) is 0 Å². The van der Waals surface area contributed by atoms with Crippen molar-refractivity contribution in [2.45, 2.75) is 12.8 Å². The highest BCUT2D eigenvalue weighted by Crippen LogP contribution is 2.51. The normalized spacial score (nSPS) is 31.8. The molecule has 1 saturated heterocycles. The third kappa shape index (κ3) is 0.998. The molecule has 0 bridgehead atoms. The van der Waals surface area contributed by atoms with Gasteiger partial charge in [-0.1, -0.05) is 22.6 Å². The predicted molar refractivity (Wildman–Crippen MR) is 51.5 cm³/mol. The molecule has 0 atom stereocenters. The van der Waals surface area contributed by atoms with Gasteiger partial charge in [0.2, 0.25) is 0 Å². The van der Waals surface area contributed by atoms with Crippen molar-refractivity contribution in [1.29, 1.82) is 0 Å². The molecule has 0 aromatic carbocycles. The zero-order chi connectivity index (χ0) is 7.19. The van der Waals surface area contributed by atoms with Crippen molar-refractivity contribution in [3.05, 3.63) is 0 Å². The summed E-state index contributed by atoms with van der Waals surface area (Å²) in [6.07, 6.45) is 3.03. The third-order valence-electron chi connectivity index (χ3n) is 2.87. The molecule has 0 unspecified atom stereocenters. The Morgan fingerprint density at radius 2 is 2.10 bits per heavy atom. The molecule has 1 aliphatic carbocycles. The highest BCUT2D eigenvalue weighted by Gasteiger charge is 2.50. The van der Waals surface area contributed by atoms with Crippen LogP contribution < -0.4 is 0 Å². The summed E-state index contributed by atoms with van der Waals surface area (Å²) in [6, 6.07) is 0. The number of nitrogens with zero attached hydrogens (tertiary/aromatic N) is 1. The van der Waals surface area contributed by atoms with Gasteiger partial charge in [0.05, 0.1) is 0 Å². The van der Waals surface area contributed by atoms with Crippen molar-refractivity contribution in [3.8, 4) is 0 Å². The second-order valence-corrected chi connectivity index (χ2v) is 4.98. The highest BCUT2D eigenvalue weighted by molar-refractivity contribution is 14.1. The van der Waals surface area contributed by atoms with E-state index in [4.69, 9.17) is 0 Å². The number of rotatable bonds is 1. The molecule has 0 aromatic heterocycles. The lowest BCUT2D eigenvalue weighted by molar-refractivity contribution is -0.0736. The van der Waals surface area contributed by atoms with Crippen LogP contribution in [0.3, 0.4) is 0 Å². The second kappa shape index (κ2) is 2.34. The summed E-state index contributed by atoms with van der Waals surface area (Å²) in [5.74, 6) is 1.06. The largest absolute Gasteiger partial charge is 0.305 e. The minimum atomic E-state index is 0.810. The van der Waals surface area contributed by atoms with Gasteiger partial charge in [-0.05, 0) is 31.2 Å². The quantitative estimate of drug-likeness (QED) is 0.507. The molecule has 0 amide bonds. The molecule has 1 spiro atoms. The van der Waals surface area contributed by atoms with Gasteiger partial charge in [0.15, 0.2) is 0 Å². The Balaban J connectivity index is 1.80. The summed E-state index contributed by atoms with van der Waals surface area (Å²) in [6.45, 7) is 2.75. The Bertz CT molecular complexity index is 132. The molecule has 58 valence electrons. The Morgan fingerprint density at radius 1 is 1.50 bits per heavy atom. The highest BCUT2D eigenvalue weighted by atomic mass is 127. The topological polar surface area (TPSA) is 3.24 Å². The summed E-state index contributed by atoms with van der Waals surface area (Å²) < 4.78 is 1.38. The molecular weight excluding hydrogens is 237 g/mol. The Labute approximate surface area is 76.3 Å². The Morgan fingerprint density at radius 3 is 2.50 bits per heavy atom. The molecule has 1 saturated carbocycles. The first-order valence-electron chi connectivity index (χ1n) is 3.99. The fourth-order valence-corrected chi connectivity index (χ4v) is 3.25. The van der Waals surface area contributed by atoms with Gasteiger partial charge in [-0.2, -0.15) is 0 Å². The van der Waals surface area contributed by atoms with Crippen LogP contribution in [-0.2, 0) is 0 Å². The zero-order valence-electron chi connectivity index (χ0n) is 6.44. The van der Waals surface area contributed by atoms with Crippen molar-refractivity contribution in [2.24, 2.45) is 11.3 Å². The number of hydrogen-bond donors (Lipinski definition) is 0. The Hall–Kier alpha value is 0.690. The Kier molecular flexibility index (Phi) is 1.72. The summed E-state index contributed by atoms with van der Waals surface area (Å²) >= 11 is 2.51. The van der Waals surface area contributed by atoms with E-state index < -0.39 is 0 Å². The number of likely N-dealkylation sites (tertiary alicyclic amines) is 1. The maximum absolute atomic E-state index is 2.51. The van der Waals surface area contributed by atoms with Crippen LogP contribution in [-0.4, -0.2) is 29.5 Å². The SMILES string of the molecule is CN1CC2(CC(CI)C2)C1. The first-order valence-corrected chi connectivity index (χ1v) is 5.51. The lowest BCUT2D eigenvalue weighted by Gasteiger charge is -2.58. The van der Waals surface area contributed by atoms with Crippen molar-refractivity contribution in [3.63, 3.8) is 0 Å². The molecule has 2 fully saturated rings. The molecule has 0 N–H and O–H groups in total. The van der Waals surface area contributed by atoms with Gasteiger partial charge in [0, 0.05) is 17.5 Å². The van der Waals surface area contributed by atoms with Crippen LogP contribution >= 0.6 is 22.6 Å². The molecule has 0 radical (unpaired) electrons. The van der Waals surface area contributed by atoms with E-state index in [0.29, 0.717) is 0 Å². The number of halogens is 1. The second-order valence-electron chi connectivity index (χ2n) is 4.10. The van der Waals surface area contributed by atoms with Crippen molar-refractivity contribution < 1.29 is 0 Å². The maximum atomic E-state index is 2.51.